The van der Waals surface area contributed by atoms with Gasteiger partial charge in [0.15, 0.2) is 5.41 Å². The number of rotatable bonds is 2. The Morgan fingerprint density at radius 3 is 1.73 bits per heavy atom. The third kappa shape index (κ3) is 0.970. The van der Waals surface area contributed by atoms with Crippen molar-refractivity contribution in [3.8, 4) is 0 Å². The Balaban J connectivity index is 2.77. The average Bonchev–Trinajstić information content (AvgIpc) is 1.78. The number of carboxylic acids is 2. The summed E-state index contributed by atoms with van der Waals surface area (Å²) in [7, 11) is 1.68. The van der Waals surface area contributed by atoms with Gasteiger partial charge in [-0.15, -0.1) is 0 Å². The lowest BCUT2D eigenvalue weighted by Crippen LogP contribution is -2.62. The van der Waals surface area contributed by atoms with Crippen LogP contribution in [-0.2, 0) is 9.59 Å². The zero-order chi connectivity index (χ0) is 8.65. The summed E-state index contributed by atoms with van der Waals surface area (Å²) in [6, 6.07) is 0. The number of likely N-dealkylation sites (tertiary alicyclic amines) is 1. The largest absolute Gasteiger partial charge is 0.480 e. The zero-order valence-corrected chi connectivity index (χ0v) is 6.07. The van der Waals surface area contributed by atoms with Crippen molar-refractivity contribution in [1.82, 2.24) is 4.90 Å². The molecule has 11 heavy (non-hydrogen) atoms. The standard InChI is InChI=1S/C6H9NO4/c1-7-2-6(3-7,4(8)9)5(10)11/h2-3H2,1H3,(H,8,9)(H,10,11). The third-order valence-corrected chi connectivity index (χ3v) is 1.90. The summed E-state index contributed by atoms with van der Waals surface area (Å²) in [5, 5.41) is 17.1. The minimum atomic E-state index is -1.55. The van der Waals surface area contributed by atoms with Gasteiger partial charge in [0.25, 0.3) is 0 Å². The lowest BCUT2D eigenvalue weighted by Gasteiger charge is -2.41. The van der Waals surface area contributed by atoms with Gasteiger partial charge in [-0.05, 0) is 7.05 Å². The second-order valence-electron chi connectivity index (χ2n) is 2.86. The molecule has 2 N–H and O–H groups in total. The Bertz CT molecular complexity index is 191. The van der Waals surface area contributed by atoms with Gasteiger partial charge in [-0.25, -0.2) is 0 Å². The van der Waals surface area contributed by atoms with Crippen molar-refractivity contribution in [2.45, 2.75) is 0 Å². The lowest BCUT2D eigenvalue weighted by atomic mass is 9.80. The first-order valence-electron chi connectivity index (χ1n) is 3.14. The molecule has 1 rings (SSSR count). The molecule has 5 nitrogen and oxygen atoms in total. The second-order valence-corrected chi connectivity index (χ2v) is 2.86. The fraction of sp³-hybridized carbons (Fsp3) is 0.667. The fourth-order valence-corrected chi connectivity index (χ4v) is 1.24. The first-order valence-corrected chi connectivity index (χ1v) is 3.14. The molecular formula is C6H9NO4. The summed E-state index contributed by atoms with van der Waals surface area (Å²) < 4.78 is 0. The van der Waals surface area contributed by atoms with Crippen LogP contribution in [0.25, 0.3) is 0 Å². The molecule has 1 fully saturated rings. The minimum absolute atomic E-state index is 0.0949. The molecule has 0 aromatic heterocycles. The van der Waals surface area contributed by atoms with E-state index in [-0.39, 0.29) is 13.1 Å². The van der Waals surface area contributed by atoms with E-state index in [1.54, 1.807) is 11.9 Å². The number of carbonyl (C=O) groups is 2. The molecular weight excluding hydrogens is 150 g/mol. The van der Waals surface area contributed by atoms with Crippen molar-refractivity contribution < 1.29 is 19.8 Å². The number of nitrogens with zero attached hydrogens (tertiary/aromatic N) is 1. The normalized spacial score (nSPS) is 22.3. The Morgan fingerprint density at radius 1 is 1.27 bits per heavy atom. The summed E-state index contributed by atoms with van der Waals surface area (Å²) in [6.07, 6.45) is 0. The monoisotopic (exact) mass is 159 g/mol. The minimum Gasteiger partial charge on any atom is -0.480 e. The third-order valence-electron chi connectivity index (χ3n) is 1.90. The Morgan fingerprint density at radius 2 is 1.64 bits per heavy atom. The van der Waals surface area contributed by atoms with E-state index >= 15 is 0 Å². The highest BCUT2D eigenvalue weighted by molar-refractivity contribution is 6.00. The van der Waals surface area contributed by atoms with E-state index < -0.39 is 17.4 Å². The molecule has 0 bridgehead atoms. The quantitative estimate of drug-likeness (QED) is 0.510. The number of hydrogen-bond acceptors (Lipinski definition) is 3. The number of hydrogen-bond donors (Lipinski definition) is 2. The van der Waals surface area contributed by atoms with Crippen LogP contribution in [0.2, 0.25) is 0 Å². The van der Waals surface area contributed by atoms with Gasteiger partial charge in [-0.3, -0.25) is 9.59 Å². The summed E-state index contributed by atoms with van der Waals surface area (Å²) in [6.45, 7) is 0.190. The lowest BCUT2D eigenvalue weighted by molar-refractivity contribution is -0.176. The highest BCUT2D eigenvalue weighted by atomic mass is 16.4. The molecule has 0 atom stereocenters. The van der Waals surface area contributed by atoms with Crippen LogP contribution >= 0.6 is 0 Å². The second kappa shape index (κ2) is 2.20. The number of carboxylic acid groups (broad SMARTS) is 2. The molecule has 1 aliphatic rings. The molecule has 0 aromatic carbocycles. The van der Waals surface area contributed by atoms with Crippen molar-refractivity contribution in [2.24, 2.45) is 5.41 Å². The van der Waals surface area contributed by atoms with Gasteiger partial charge in [0.2, 0.25) is 0 Å². The van der Waals surface area contributed by atoms with Gasteiger partial charge in [-0.1, -0.05) is 0 Å². The van der Waals surface area contributed by atoms with E-state index in [0.717, 1.165) is 0 Å². The predicted molar refractivity (Wildman–Crippen MR) is 35.2 cm³/mol. The molecule has 0 unspecified atom stereocenters. The van der Waals surface area contributed by atoms with Crippen molar-refractivity contribution in [2.75, 3.05) is 20.1 Å². The van der Waals surface area contributed by atoms with Crippen molar-refractivity contribution in [3.05, 3.63) is 0 Å². The maximum atomic E-state index is 10.5. The van der Waals surface area contributed by atoms with Crippen LogP contribution in [0.1, 0.15) is 0 Å². The smallest absolute Gasteiger partial charge is 0.323 e. The van der Waals surface area contributed by atoms with Gasteiger partial charge in [0.05, 0.1) is 0 Å². The van der Waals surface area contributed by atoms with Crippen LogP contribution in [-0.4, -0.2) is 47.2 Å². The van der Waals surface area contributed by atoms with Crippen LogP contribution in [0.15, 0.2) is 0 Å². The van der Waals surface area contributed by atoms with Crippen molar-refractivity contribution in [3.63, 3.8) is 0 Å². The molecule has 0 spiro atoms. The molecule has 5 heteroatoms. The molecule has 1 saturated heterocycles. The van der Waals surface area contributed by atoms with E-state index in [2.05, 4.69) is 0 Å². The summed E-state index contributed by atoms with van der Waals surface area (Å²) in [5.41, 5.74) is -1.55. The SMILES string of the molecule is CN1CC(C(=O)O)(C(=O)O)C1. The van der Waals surface area contributed by atoms with E-state index in [4.69, 9.17) is 10.2 Å². The maximum Gasteiger partial charge on any atom is 0.323 e. The molecule has 0 radical (unpaired) electrons. The number of aliphatic carboxylic acids is 2. The van der Waals surface area contributed by atoms with Crippen LogP contribution in [0.3, 0.4) is 0 Å². The maximum absolute atomic E-state index is 10.5. The van der Waals surface area contributed by atoms with E-state index in [0.29, 0.717) is 0 Å². The molecule has 1 heterocycles. The zero-order valence-electron chi connectivity index (χ0n) is 6.07. The predicted octanol–water partition coefficient (Wildman–Crippen LogP) is -0.913. The van der Waals surface area contributed by atoms with Gasteiger partial charge < -0.3 is 15.1 Å². The first kappa shape index (κ1) is 8.00. The first-order chi connectivity index (χ1) is 4.99. The Labute approximate surface area is 63.2 Å². The average molecular weight is 159 g/mol. The summed E-state index contributed by atoms with van der Waals surface area (Å²) >= 11 is 0. The Hall–Kier alpha value is -1.10. The molecule has 0 aromatic rings. The van der Waals surface area contributed by atoms with Gasteiger partial charge >= 0.3 is 11.9 Å². The molecule has 62 valence electrons. The van der Waals surface area contributed by atoms with Crippen LogP contribution in [0.5, 0.6) is 0 Å². The summed E-state index contributed by atoms with van der Waals surface area (Å²) in [4.78, 5) is 22.6. The summed E-state index contributed by atoms with van der Waals surface area (Å²) in [5.74, 6) is -2.49. The van der Waals surface area contributed by atoms with Gasteiger partial charge in [0, 0.05) is 13.1 Å². The topological polar surface area (TPSA) is 77.8 Å². The van der Waals surface area contributed by atoms with E-state index in [9.17, 15) is 9.59 Å². The molecule has 0 aliphatic carbocycles. The molecule has 0 amide bonds. The Kier molecular flexibility index (Phi) is 1.60. The molecule has 1 aliphatic heterocycles. The highest BCUT2D eigenvalue weighted by Gasteiger charge is 2.54. The highest BCUT2D eigenvalue weighted by Crippen LogP contribution is 2.29. The van der Waals surface area contributed by atoms with Crippen molar-refractivity contribution in [1.29, 1.82) is 0 Å². The van der Waals surface area contributed by atoms with E-state index in [1.165, 1.54) is 0 Å². The van der Waals surface area contributed by atoms with Crippen LogP contribution in [0.4, 0.5) is 0 Å². The van der Waals surface area contributed by atoms with Crippen LogP contribution in [0, 0.1) is 5.41 Å². The van der Waals surface area contributed by atoms with Gasteiger partial charge in [-0.2, -0.15) is 0 Å². The fourth-order valence-electron chi connectivity index (χ4n) is 1.24. The van der Waals surface area contributed by atoms with E-state index in [1.807, 2.05) is 0 Å². The van der Waals surface area contributed by atoms with Crippen LogP contribution < -0.4 is 0 Å². The van der Waals surface area contributed by atoms with Gasteiger partial charge in [0.1, 0.15) is 0 Å². The van der Waals surface area contributed by atoms with Crippen molar-refractivity contribution >= 4 is 11.9 Å². The molecule has 0 saturated carbocycles.